The summed E-state index contributed by atoms with van der Waals surface area (Å²) in [6.07, 6.45) is 5.83. The minimum atomic E-state index is -0.420. The number of alkyl carbamates (subject to hydrolysis) is 1. The minimum absolute atomic E-state index is 0.0475. The predicted molar refractivity (Wildman–Crippen MR) is 136 cm³/mol. The molecule has 5 rings (SSSR count). The molecule has 0 atom stereocenters. The molecule has 0 spiro atoms. The lowest BCUT2D eigenvalue weighted by atomic mass is 9.98. The van der Waals surface area contributed by atoms with Crippen molar-refractivity contribution < 1.29 is 19.1 Å². The molecule has 176 valence electrons. The standard InChI is InChI=1S/C29H26N2O4/c1-34-28(32)25-17-31-27-14-13-19(16-24(25)27)8-6-7-15-30-29(33)35-18-26-22-11-4-2-9-20(22)21-10-3-5-12-23(21)26/h2-6,8-14,16-17,26,31H,7,15,18H2,1H3,(H,30,33). The summed E-state index contributed by atoms with van der Waals surface area (Å²) in [7, 11) is 1.37. The zero-order chi connectivity index (χ0) is 24.2. The number of aromatic nitrogens is 1. The molecule has 1 aromatic heterocycles. The number of nitrogens with one attached hydrogen (secondary N) is 2. The van der Waals surface area contributed by atoms with Gasteiger partial charge in [0.15, 0.2) is 0 Å². The van der Waals surface area contributed by atoms with Gasteiger partial charge < -0.3 is 19.8 Å². The van der Waals surface area contributed by atoms with Gasteiger partial charge in [0.05, 0.1) is 12.7 Å². The van der Waals surface area contributed by atoms with Gasteiger partial charge in [0, 0.05) is 29.6 Å². The number of amides is 1. The average Bonchev–Trinajstić information content (AvgIpc) is 3.46. The smallest absolute Gasteiger partial charge is 0.407 e. The third-order valence-electron chi connectivity index (χ3n) is 6.35. The Morgan fingerprint density at radius 1 is 1.00 bits per heavy atom. The first kappa shape index (κ1) is 22.5. The summed E-state index contributed by atoms with van der Waals surface area (Å²) in [5.41, 5.74) is 7.15. The third-order valence-corrected chi connectivity index (χ3v) is 6.35. The SMILES string of the molecule is COC(=O)c1c[nH]c2ccc(C=CCCNC(=O)OCC3c4ccccc4-c4ccccc43)cc12. The molecule has 0 saturated carbocycles. The number of ether oxygens (including phenoxy) is 2. The maximum Gasteiger partial charge on any atom is 0.407 e. The Hall–Kier alpha value is -4.32. The summed E-state index contributed by atoms with van der Waals surface area (Å²) in [6.45, 7) is 0.766. The van der Waals surface area contributed by atoms with Gasteiger partial charge in [0.25, 0.3) is 0 Å². The number of esters is 1. The number of H-pyrrole nitrogens is 1. The first-order valence-corrected chi connectivity index (χ1v) is 11.6. The second-order valence-corrected chi connectivity index (χ2v) is 8.44. The number of hydrogen-bond acceptors (Lipinski definition) is 4. The van der Waals surface area contributed by atoms with E-state index < -0.39 is 6.09 Å². The highest BCUT2D eigenvalue weighted by molar-refractivity contribution is 6.04. The van der Waals surface area contributed by atoms with Crippen LogP contribution in [0.2, 0.25) is 0 Å². The number of aromatic amines is 1. The molecule has 1 heterocycles. The van der Waals surface area contributed by atoms with Crippen LogP contribution in [-0.2, 0) is 9.47 Å². The largest absolute Gasteiger partial charge is 0.465 e. The summed E-state index contributed by atoms with van der Waals surface area (Å²) >= 11 is 0. The van der Waals surface area contributed by atoms with E-state index in [4.69, 9.17) is 9.47 Å². The lowest BCUT2D eigenvalue weighted by molar-refractivity contribution is 0.0603. The van der Waals surface area contributed by atoms with Gasteiger partial charge in [-0.2, -0.15) is 0 Å². The molecule has 0 saturated heterocycles. The summed E-state index contributed by atoms with van der Waals surface area (Å²) in [5, 5.41) is 3.63. The second kappa shape index (κ2) is 9.89. The highest BCUT2D eigenvalue weighted by Crippen LogP contribution is 2.44. The van der Waals surface area contributed by atoms with Gasteiger partial charge >= 0.3 is 12.1 Å². The number of benzene rings is 3. The van der Waals surface area contributed by atoms with Crippen LogP contribution < -0.4 is 5.32 Å². The molecule has 6 heteroatoms. The Morgan fingerprint density at radius 3 is 2.43 bits per heavy atom. The van der Waals surface area contributed by atoms with Crippen LogP contribution in [0.15, 0.2) is 79.0 Å². The van der Waals surface area contributed by atoms with Gasteiger partial charge in [-0.25, -0.2) is 9.59 Å². The average molecular weight is 467 g/mol. The number of hydrogen-bond donors (Lipinski definition) is 2. The zero-order valence-electron chi connectivity index (χ0n) is 19.4. The Bertz CT molecular complexity index is 1370. The van der Waals surface area contributed by atoms with Gasteiger partial charge in [-0.15, -0.1) is 0 Å². The molecule has 1 amide bonds. The van der Waals surface area contributed by atoms with Gasteiger partial charge in [-0.1, -0.05) is 66.7 Å². The van der Waals surface area contributed by atoms with Crippen molar-refractivity contribution in [3.63, 3.8) is 0 Å². The Balaban J connectivity index is 1.13. The van der Waals surface area contributed by atoms with E-state index in [1.807, 2.05) is 54.6 Å². The van der Waals surface area contributed by atoms with E-state index in [0.717, 1.165) is 16.5 Å². The van der Waals surface area contributed by atoms with Crippen molar-refractivity contribution in [1.29, 1.82) is 0 Å². The molecule has 0 radical (unpaired) electrons. The highest BCUT2D eigenvalue weighted by atomic mass is 16.5. The quantitative estimate of drug-likeness (QED) is 0.263. The number of carbonyl (C=O) groups is 2. The molecule has 0 unspecified atom stereocenters. The van der Waals surface area contributed by atoms with Gasteiger partial charge in [0.2, 0.25) is 0 Å². The summed E-state index contributed by atoms with van der Waals surface area (Å²) in [6, 6.07) is 22.4. The second-order valence-electron chi connectivity index (χ2n) is 8.44. The van der Waals surface area contributed by atoms with E-state index >= 15 is 0 Å². The van der Waals surface area contributed by atoms with Crippen molar-refractivity contribution >= 4 is 29.0 Å². The molecule has 3 aromatic carbocycles. The molecule has 2 N–H and O–H groups in total. The van der Waals surface area contributed by atoms with E-state index in [0.29, 0.717) is 25.1 Å². The van der Waals surface area contributed by atoms with Crippen LogP contribution in [0.3, 0.4) is 0 Å². The molecular weight excluding hydrogens is 440 g/mol. The first-order chi connectivity index (χ1) is 17.2. The Labute approximate surface area is 203 Å². The molecule has 35 heavy (non-hydrogen) atoms. The summed E-state index contributed by atoms with van der Waals surface area (Å²) in [4.78, 5) is 27.3. The molecule has 4 aromatic rings. The van der Waals surface area contributed by atoms with E-state index in [1.165, 1.54) is 29.4 Å². The number of carbonyl (C=O) groups excluding carboxylic acids is 2. The monoisotopic (exact) mass is 466 g/mol. The molecule has 0 aliphatic heterocycles. The van der Waals surface area contributed by atoms with E-state index in [1.54, 1.807) is 6.20 Å². The fourth-order valence-electron chi connectivity index (χ4n) is 4.65. The molecule has 1 aliphatic rings. The van der Waals surface area contributed by atoms with Gasteiger partial charge in [-0.3, -0.25) is 0 Å². The Morgan fingerprint density at radius 2 is 1.71 bits per heavy atom. The van der Waals surface area contributed by atoms with Crippen LogP contribution in [0.5, 0.6) is 0 Å². The fourth-order valence-corrected chi connectivity index (χ4v) is 4.65. The maximum absolute atomic E-state index is 12.3. The summed E-state index contributed by atoms with van der Waals surface area (Å²) in [5.74, 6) is -0.323. The molecular formula is C29H26N2O4. The molecule has 0 fully saturated rings. The van der Waals surface area contributed by atoms with E-state index in [-0.39, 0.29) is 11.9 Å². The molecule has 0 bridgehead atoms. The predicted octanol–water partition coefficient (Wildman–Crippen LogP) is 5.90. The van der Waals surface area contributed by atoms with E-state index in [2.05, 4.69) is 34.6 Å². The number of rotatable bonds is 7. The van der Waals surface area contributed by atoms with Crippen LogP contribution in [0.4, 0.5) is 4.79 Å². The van der Waals surface area contributed by atoms with Crippen molar-refractivity contribution in [1.82, 2.24) is 10.3 Å². The number of methoxy groups -OCH3 is 1. The van der Waals surface area contributed by atoms with Crippen LogP contribution in [-0.4, -0.2) is 37.3 Å². The van der Waals surface area contributed by atoms with Crippen molar-refractivity contribution in [2.75, 3.05) is 20.3 Å². The number of fused-ring (bicyclic) bond motifs is 4. The van der Waals surface area contributed by atoms with Crippen LogP contribution >= 0.6 is 0 Å². The lowest BCUT2D eigenvalue weighted by Gasteiger charge is -2.14. The van der Waals surface area contributed by atoms with Crippen LogP contribution in [0.25, 0.3) is 28.1 Å². The van der Waals surface area contributed by atoms with Crippen molar-refractivity contribution in [2.24, 2.45) is 0 Å². The van der Waals surface area contributed by atoms with Gasteiger partial charge in [0.1, 0.15) is 6.61 Å². The van der Waals surface area contributed by atoms with Crippen molar-refractivity contribution in [2.45, 2.75) is 12.3 Å². The highest BCUT2D eigenvalue weighted by Gasteiger charge is 2.28. The van der Waals surface area contributed by atoms with Crippen LogP contribution in [0.1, 0.15) is 39.4 Å². The van der Waals surface area contributed by atoms with Crippen molar-refractivity contribution in [3.8, 4) is 11.1 Å². The fraction of sp³-hybridized carbons (Fsp3) is 0.172. The topological polar surface area (TPSA) is 80.4 Å². The van der Waals surface area contributed by atoms with Gasteiger partial charge in [-0.05, 0) is 46.4 Å². The first-order valence-electron chi connectivity index (χ1n) is 11.6. The maximum atomic E-state index is 12.3. The third kappa shape index (κ3) is 4.55. The zero-order valence-corrected chi connectivity index (χ0v) is 19.4. The Kier molecular flexibility index (Phi) is 6.35. The van der Waals surface area contributed by atoms with Crippen molar-refractivity contribution in [3.05, 3.63) is 101 Å². The minimum Gasteiger partial charge on any atom is -0.465 e. The normalized spacial score (nSPS) is 12.5. The molecule has 6 nitrogen and oxygen atoms in total. The summed E-state index contributed by atoms with van der Waals surface area (Å²) < 4.78 is 10.4. The van der Waals surface area contributed by atoms with E-state index in [9.17, 15) is 9.59 Å². The molecule has 1 aliphatic carbocycles. The van der Waals surface area contributed by atoms with Crippen LogP contribution in [0, 0.1) is 0 Å². The lowest BCUT2D eigenvalue weighted by Crippen LogP contribution is -2.26.